The number of fused-ring (bicyclic) bond motifs is 1. The van der Waals surface area contributed by atoms with Crippen LogP contribution in [0.15, 0.2) is 84.9 Å². The predicted octanol–water partition coefficient (Wildman–Crippen LogP) is 6.38. The van der Waals surface area contributed by atoms with Crippen molar-refractivity contribution in [3.05, 3.63) is 116 Å². The fourth-order valence-electron chi connectivity index (χ4n) is 3.18. The van der Waals surface area contributed by atoms with Gasteiger partial charge in [-0.3, -0.25) is 4.79 Å². The second-order valence-electron chi connectivity index (χ2n) is 6.64. The minimum atomic E-state index is 0.00326. The summed E-state index contributed by atoms with van der Waals surface area (Å²) in [6.45, 7) is 2.06. The van der Waals surface area contributed by atoms with E-state index in [0.29, 0.717) is 11.1 Å². The van der Waals surface area contributed by atoms with Crippen LogP contribution in [0.4, 0.5) is 0 Å². The van der Waals surface area contributed by atoms with Gasteiger partial charge in [0, 0.05) is 20.3 Å². The number of aryl methyl sites for hydroxylation is 1. The van der Waals surface area contributed by atoms with Gasteiger partial charge in [0.1, 0.15) is 0 Å². The third-order valence-corrected chi connectivity index (χ3v) is 5.50. The molecule has 0 unspecified atom stereocenters. The van der Waals surface area contributed by atoms with Gasteiger partial charge >= 0.3 is 0 Å². The van der Waals surface area contributed by atoms with Gasteiger partial charge in [-0.05, 0) is 58.5 Å². The van der Waals surface area contributed by atoms with E-state index in [1.807, 2.05) is 78.9 Å². The van der Waals surface area contributed by atoms with Crippen molar-refractivity contribution in [1.82, 2.24) is 0 Å². The van der Waals surface area contributed by atoms with E-state index in [-0.39, 0.29) is 5.78 Å². The van der Waals surface area contributed by atoms with E-state index < -0.39 is 0 Å². The third kappa shape index (κ3) is 3.72. The molecule has 4 aromatic rings. The van der Waals surface area contributed by atoms with Crippen molar-refractivity contribution in [1.29, 1.82) is 0 Å². The van der Waals surface area contributed by atoms with E-state index in [2.05, 4.69) is 47.4 Å². The van der Waals surface area contributed by atoms with E-state index in [4.69, 9.17) is 0 Å². The van der Waals surface area contributed by atoms with Crippen molar-refractivity contribution in [3.63, 3.8) is 0 Å². The Morgan fingerprint density at radius 2 is 1.50 bits per heavy atom. The Labute approximate surface area is 178 Å². The summed E-state index contributed by atoms with van der Waals surface area (Å²) in [5.41, 5.74) is 4.27. The first-order valence-electron chi connectivity index (χ1n) is 9.03. The van der Waals surface area contributed by atoms with Crippen molar-refractivity contribution in [2.75, 3.05) is 0 Å². The van der Waals surface area contributed by atoms with E-state index in [1.54, 1.807) is 0 Å². The average Bonchev–Trinajstić information content (AvgIpc) is 2.73. The molecular formula is C26H17IO. The monoisotopic (exact) mass is 472 g/mol. The molecule has 0 radical (unpaired) electrons. The molecule has 0 saturated carbocycles. The Morgan fingerprint density at radius 1 is 0.821 bits per heavy atom. The lowest BCUT2D eigenvalue weighted by atomic mass is 9.92. The zero-order valence-corrected chi connectivity index (χ0v) is 17.5. The van der Waals surface area contributed by atoms with E-state index >= 15 is 0 Å². The highest BCUT2D eigenvalue weighted by Crippen LogP contribution is 2.29. The standard InChI is InChI=1S/C26H17IO/c1-18-11-13-19(14-12-18)15-16-23-24(27)17-21-9-5-6-10-22(21)25(23)26(28)20-7-3-2-4-8-20/h2-14,17H,1H3. The predicted molar refractivity (Wildman–Crippen MR) is 124 cm³/mol. The van der Waals surface area contributed by atoms with Crippen LogP contribution in [0.1, 0.15) is 32.6 Å². The van der Waals surface area contributed by atoms with Gasteiger partial charge in [-0.2, -0.15) is 0 Å². The number of halogens is 1. The molecule has 0 aliphatic heterocycles. The molecule has 134 valence electrons. The Balaban J connectivity index is 1.94. The van der Waals surface area contributed by atoms with Gasteiger partial charge in [-0.1, -0.05) is 84.1 Å². The van der Waals surface area contributed by atoms with Crippen molar-refractivity contribution >= 4 is 39.1 Å². The van der Waals surface area contributed by atoms with Gasteiger partial charge in [0.05, 0.1) is 5.56 Å². The molecule has 0 amide bonds. The molecule has 0 N–H and O–H groups in total. The average molecular weight is 472 g/mol. The molecule has 0 saturated heterocycles. The summed E-state index contributed by atoms with van der Waals surface area (Å²) in [7, 11) is 0. The maximum absolute atomic E-state index is 13.4. The van der Waals surface area contributed by atoms with Crippen LogP contribution in [0, 0.1) is 22.3 Å². The largest absolute Gasteiger partial charge is 0.289 e. The van der Waals surface area contributed by atoms with Crippen LogP contribution in [0.3, 0.4) is 0 Å². The summed E-state index contributed by atoms with van der Waals surface area (Å²) in [5.74, 6) is 6.52. The molecule has 28 heavy (non-hydrogen) atoms. The summed E-state index contributed by atoms with van der Waals surface area (Å²) < 4.78 is 0.982. The Hall–Kier alpha value is -2.90. The lowest BCUT2D eigenvalue weighted by Crippen LogP contribution is -2.06. The van der Waals surface area contributed by atoms with Gasteiger partial charge < -0.3 is 0 Å². The van der Waals surface area contributed by atoms with Crippen LogP contribution in [0.2, 0.25) is 0 Å². The minimum Gasteiger partial charge on any atom is -0.289 e. The maximum Gasteiger partial charge on any atom is 0.194 e. The van der Waals surface area contributed by atoms with E-state index in [9.17, 15) is 4.79 Å². The van der Waals surface area contributed by atoms with Crippen LogP contribution >= 0.6 is 22.6 Å². The second-order valence-corrected chi connectivity index (χ2v) is 7.80. The number of carbonyl (C=O) groups is 1. The topological polar surface area (TPSA) is 17.1 Å². The summed E-state index contributed by atoms with van der Waals surface area (Å²) >= 11 is 2.28. The highest BCUT2D eigenvalue weighted by atomic mass is 127. The summed E-state index contributed by atoms with van der Waals surface area (Å²) in [6.07, 6.45) is 0. The molecule has 4 aromatic carbocycles. The smallest absolute Gasteiger partial charge is 0.194 e. The molecule has 1 nitrogen and oxygen atoms in total. The van der Waals surface area contributed by atoms with Crippen LogP contribution in [0.25, 0.3) is 10.8 Å². The molecule has 0 fully saturated rings. The number of rotatable bonds is 2. The van der Waals surface area contributed by atoms with E-state index in [0.717, 1.165) is 25.5 Å². The van der Waals surface area contributed by atoms with Gasteiger partial charge in [-0.15, -0.1) is 0 Å². The van der Waals surface area contributed by atoms with Gasteiger partial charge in [0.15, 0.2) is 5.78 Å². The Bertz CT molecular complexity index is 1230. The first kappa shape index (κ1) is 18.5. The van der Waals surface area contributed by atoms with Crippen LogP contribution in [-0.4, -0.2) is 5.78 Å². The molecule has 0 spiro atoms. The van der Waals surface area contributed by atoms with Crippen molar-refractivity contribution < 1.29 is 4.79 Å². The lowest BCUT2D eigenvalue weighted by molar-refractivity contribution is 0.104. The van der Waals surface area contributed by atoms with Gasteiger partial charge in [0.2, 0.25) is 0 Å². The fraction of sp³-hybridized carbons (Fsp3) is 0.0385. The molecule has 0 heterocycles. The summed E-state index contributed by atoms with van der Waals surface area (Å²) in [6, 6.07) is 27.6. The molecule has 2 heteroatoms. The maximum atomic E-state index is 13.4. The number of hydrogen-bond donors (Lipinski definition) is 0. The first-order valence-corrected chi connectivity index (χ1v) is 10.1. The van der Waals surface area contributed by atoms with Crippen LogP contribution in [0.5, 0.6) is 0 Å². The summed E-state index contributed by atoms with van der Waals surface area (Å²) in [4.78, 5) is 13.4. The second kappa shape index (κ2) is 8.00. The minimum absolute atomic E-state index is 0.00326. The third-order valence-electron chi connectivity index (χ3n) is 4.65. The molecular weight excluding hydrogens is 455 g/mol. The number of carbonyl (C=O) groups excluding carboxylic acids is 1. The van der Waals surface area contributed by atoms with Gasteiger partial charge in [-0.25, -0.2) is 0 Å². The fourth-order valence-corrected chi connectivity index (χ4v) is 3.92. The van der Waals surface area contributed by atoms with Crippen molar-refractivity contribution in [2.45, 2.75) is 6.92 Å². The molecule has 4 rings (SSSR count). The lowest BCUT2D eigenvalue weighted by Gasteiger charge is -2.11. The molecule has 0 aliphatic carbocycles. The number of hydrogen-bond acceptors (Lipinski definition) is 1. The van der Waals surface area contributed by atoms with Crippen LogP contribution in [-0.2, 0) is 0 Å². The van der Waals surface area contributed by atoms with E-state index in [1.165, 1.54) is 5.56 Å². The molecule has 0 aromatic heterocycles. The van der Waals surface area contributed by atoms with Crippen molar-refractivity contribution in [2.24, 2.45) is 0 Å². The molecule has 0 aliphatic rings. The zero-order valence-electron chi connectivity index (χ0n) is 15.4. The van der Waals surface area contributed by atoms with Crippen LogP contribution < -0.4 is 0 Å². The SMILES string of the molecule is Cc1ccc(C#Cc2c(I)cc3ccccc3c2C(=O)c2ccccc2)cc1. The molecule has 0 atom stereocenters. The summed E-state index contributed by atoms with van der Waals surface area (Å²) in [5, 5.41) is 1.98. The highest BCUT2D eigenvalue weighted by Gasteiger charge is 2.18. The van der Waals surface area contributed by atoms with Gasteiger partial charge in [0.25, 0.3) is 0 Å². The Kier molecular flexibility index (Phi) is 5.27. The highest BCUT2D eigenvalue weighted by molar-refractivity contribution is 14.1. The number of ketones is 1. The quantitative estimate of drug-likeness (QED) is 0.188. The molecule has 0 bridgehead atoms. The number of benzene rings is 4. The van der Waals surface area contributed by atoms with Crippen molar-refractivity contribution in [3.8, 4) is 11.8 Å². The Morgan fingerprint density at radius 3 is 2.25 bits per heavy atom. The first-order chi connectivity index (χ1) is 13.6. The normalized spacial score (nSPS) is 10.4. The zero-order chi connectivity index (χ0) is 19.5.